The molecule has 2 N–H and O–H groups in total. The Morgan fingerprint density at radius 2 is 1.70 bits per heavy atom. The highest BCUT2D eigenvalue weighted by molar-refractivity contribution is 7.99. The molecule has 0 aromatic heterocycles. The lowest BCUT2D eigenvalue weighted by molar-refractivity contribution is -0.211. The molecule has 3 aliphatic rings. The smallest absolute Gasteiger partial charge is 0.303 e. The third-order valence-electron chi connectivity index (χ3n) is 10.6. The molecule has 6 rings (SSSR count). The third-order valence-corrected chi connectivity index (χ3v) is 11.6. The van der Waals surface area contributed by atoms with Crippen molar-refractivity contribution in [1.29, 1.82) is 0 Å². The van der Waals surface area contributed by atoms with Gasteiger partial charge in [0.15, 0.2) is 6.10 Å². The zero-order valence-corrected chi connectivity index (χ0v) is 31.8. The molecule has 9 atom stereocenters. The fourth-order valence-electron chi connectivity index (χ4n) is 7.96. The van der Waals surface area contributed by atoms with Crippen molar-refractivity contribution in [2.24, 2.45) is 11.7 Å². The van der Waals surface area contributed by atoms with Gasteiger partial charge in [-0.2, -0.15) is 0 Å². The van der Waals surface area contributed by atoms with Crippen LogP contribution in [0.15, 0.2) is 60.7 Å². The van der Waals surface area contributed by atoms with Gasteiger partial charge >= 0.3 is 11.9 Å². The molecule has 0 bridgehead atoms. The molecule has 3 saturated heterocycles. The van der Waals surface area contributed by atoms with E-state index in [1.165, 1.54) is 37.2 Å². The maximum Gasteiger partial charge on any atom is 0.303 e. The summed E-state index contributed by atoms with van der Waals surface area (Å²) in [5, 5.41) is 0. The predicted octanol–water partition coefficient (Wildman–Crippen LogP) is 6.69. The average molecular weight is 753 g/mol. The van der Waals surface area contributed by atoms with Crippen molar-refractivity contribution in [3.63, 3.8) is 0 Å². The van der Waals surface area contributed by atoms with E-state index >= 15 is 0 Å². The molecule has 0 unspecified atom stereocenters. The summed E-state index contributed by atoms with van der Waals surface area (Å²) in [6.45, 7) is 8.73. The van der Waals surface area contributed by atoms with Crippen LogP contribution in [0, 0.1) is 17.6 Å². The average Bonchev–Trinajstić information content (AvgIpc) is 3.60. The second-order valence-electron chi connectivity index (χ2n) is 14.4. The summed E-state index contributed by atoms with van der Waals surface area (Å²) in [5.74, 6) is -1.32. The Kier molecular flexibility index (Phi) is 12.8. The fourth-order valence-corrected chi connectivity index (χ4v) is 8.78. The molecule has 0 spiro atoms. The molecular formula is C41H50F2N2O7S. The number of thioether (sulfide) groups is 1. The zero-order valence-electron chi connectivity index (χ0n) is 31.0. The van der Waals surface area contributed by atoms with E-state index in [-0.39, 0.29) is 29.1 Å². The van der Waals surface area contributed by atoms with Gasteiger partial charge in [-0.1, -0.05) is 44.2 Å². The van der Waals surface area contributed by atoms with Crippen molar-refractivity contribution >= 4 is 23.7 Å². The van der Waals surface area contributed by atoms with Crippen LogP contribution < -0.4 is 10.5 Å². The van der Waals surface area contributed by atoms with Gasteiger partial charge < -0.3 is 29.4 Å². The van der Waals surface area contributed by atoms with Crippen LogP contribution in [0.5, 0.6) is 5.75 Å². The molecule has 12 heteroatoms. The quantitative estimate of drug-likeness (QED) is 0.213. The van der Waals surface area contributed by atoms with Crippen molar-refractivity contribution in [3.05, 3.63) is 100 Å². The van der Waals surface area contributed by atoms with Crippen LogP contribution in [-0.4, -0.2) is 78.6 Å². The number of carbonyl (C=O) groups is 2. The molecule has 0 saturated carbocycles. The Morgan fingerprint density at radius 3 is 2.38 bits per heavy atom. The van der Waals surface area contributed by atoms with Crippen LogP contribution in [0.1, 0.15) is 80.6 Å². The van der Waals surface area contributed by atoms with E-state index in [9.17, 15) is 18.4 Å². The summed E-state index contributed by atoms with van der Waals surface area (Å²) in [4.78, 5) is 26.6. The standard InChI is InChI=1S/C41H50F2N2O7S/c1-6-27-9-10-28(38-40(50-25(4)47)37(49-24(3)46)23(2)41(52-38)53-5)18-29(27)17-26-7-12-32(13-8-26)51-33-15-16-45(21-33)31-20-36(44)39(48-22-31)34-19-30(42)11-14-35(34)43/h7-14,18-19,23,31,33,36-41H,6,15-17,20-22,44H2,1-5H3/t23-,31-,33+,36-,37-,38-,39+,40+,41+/m0/s1. The first-order valence-electron chi connectivity index (χ1n) is 18.4. The normalized spacial score (nSPS) is 29.1. The largest absolute Gasteiger partial charge is 0.489 e. The number of ether oxygens (including phenoxy) is 5. The van der Waals surface area contributed by atoms with Crippen LogP contribution in [0.2, 0.25) is 0 Å². The van der Waals surface area contributed by atoms with E-state index in [1.807, 2.05) is 31.4 Å². The van der Waals surface area contributed by atoms with Crippen molar-refractivity contribution in [3.8, 4) is 5.75 Å². The molecule has 3 aromatic rings. The van der Waals surface area contributed by atoms with Crippen LogP contribution in [0.25, 0.3) is 0 Å². The lowest BCUT2D eigenvalue weighted by Gasteiger charge is -2.44. The minimum atomic E-state index is -0.790. The SMILES string of the molecule is CCc1ccc([C@@H]2O[C@H](SC)[C@@H](C)[C@H](OC(C)=O)[C@H]2OC(C)=O)cc1Cc1ccc(O[C@@H]2CCN([C@@H]3CO[C@H](c4cc(F)ccc4F)[C@@H](N)C3)C2)cc1. The number of rotatable bonds is 11. The van der Waals surface area contributed by atoms with Crippen LogP contribution >= 0.6 is 11.8 Å². The first-order chi connectivity index (χ1) is 25.4. The highest BCUT2D eigenvalue weighted by atomic mass is 32.2. The summed E-state index contributed by atoms with van der Waals surface area (Å²) < 4.78 is 58.7. The number of benzene rings is 3. The number of hydrogen-bond donors (Lipinski definition) is 1. The van der Waals surface area contributed by atoms with Gasteiger partial charge in [-0.25, -0.2) is 8.78 Å². The zero-order chi connectivity index (χ0) is 37.8. The fraction of sp³-hybridized carbons (Fsp3) is 0.512. The van der Waals surface area contributed by atoms with Crippen molar-refractivity contribution in [2.45, 2.75) is 101 Å². The molecule has 9 nitrogen and oxygen atoms in total. The molecule has 0 amide bonds. The molecular weight excluding hydrogens is 703 g/mol. The third kappa shape index (κ3) is 9.23. The molecule has 53 heavy (non-hydrogen) atoms. The van der Waals surface area contributed by atoms with E-state index in [2.05, 4.69) is 36.1 Å². The number of halogens is 2. The number of carbonyl (C=O) groups excluding carboxylic acids is 2. The van der Waals surface area contributed by atoms with Gasteiger partial charge in [-0.3, -0.25) is 14.5 Å². The van der Waals surface area contributed by atoms with E-state index < -0.39 is 54.0 Å². The van der Waals surface area contributed by atoms with E-state index in [0.29, 0.717) is 19.4 Å². The van der Waals surface area contributed by atoms with Crippen LogP contribution in [0.4, 0.5) is 8.78 Å². The number of hydrogen-bond acceptors (Lipinski definition) is 10. The van der Waals surface area contributed by atoms with Gasteiger partial charge in [0.1, 0.15) is 47.2 Å². The van der Waals surface area contributed by atoms with Crippen LogP contribution in [0.3, 0.4) is 0 Å². The second-order valence-corrected chi connectivity index (χ2v) is 15.3. The Bertz CT molecular complexity index is 1750. The van der Waals surface area contributed by atoms with E-state index in [4.69, 9.17) is 29.4 Å². The highest BCUT2D eigenvalue weighted by Crippen LogP contribution is 2.42. The molecule has 3 aliphatic heterocycles. The van der Waals surface area contributed by atoms with Crippen molar-refractivity contribution in [1.82, 2.24) is 4.90 Å². The van der Waals surface area contributed by atoms with E-state index in [0.717, 1.165) is 60.5 Å². The minimum absolute atomic E-state index is 0.00290. The molecule has 3 heterocycles. The number of aryl methyl sites for hydroxylation is 1. The van der Waals surface area contributed by atoms with E-state index in [1.54, 1.807) is 0 Å². The van der Waals surface area contributed by atoms with Crippen molar-refractivity contribution in [2.75, 3.05) is 26.0 Å². The maximum absolute atomic E-state index is 14.4. The van der Waals surface area contributed by atoms with Gasteiger partial charge in [-0.05, 0) is 84.5 Å². The molecule has 3 aromatic carbocycles. The van der Waals surface area contributed by atoms with Crippen molar-refractivity contribution < 1.29 is 42.1 Å². The van der Waals surface area contributed by atoms with Gasteiger partial charge in [-0.15, -0.1) is 11.8 Å². The lowest BCUT2D eigenvalue weighted by atomic mass is 9.87. The summed E-state index contributed by atoms with van der Waals surface area (Å²) in [7, 11) is 0. The topological polar surface area (TPSA) is 110 Å². The molecule has 0 radical (unpaired) electrons. The number of nitrogens with two attached hydrogens (primary N) is 1. The Labute approximate surface area is 314 Å². The second kappa shape index (κ2) is 17.3. The Hall–Kier alpha value is -3.55. The van der Waals surface area contributed by atoms with Gasteiger partial charge in [0, 0.05) is 50.5 Å². The Morgan fingerprint density at radius 1 is 0.962 bits per heavy atom. The number of likely N-dealkylation sites (tertiary alicyclic amines) is 1. The first-order valence-corrected chi connectivity index (χ1v) is 19.7. The first kappa shape index (κ1) is 39.2. The molecule has 3 fully saturated rings. The predicted molar refractivity (Wildman–Crippen MR) is 199 cm³/mol. The summed E-state index contributed by atoms with van der Waals surface area (Å²) in [6.07, 6.45) is 2.21. The lowest BCUT2D eigenvalue weighted by Crippen LogP contribution is -2.52. The minimum Gasteiger partial charge on any atom is -0.489 e. The number of nitrogens with zero attached hydrogens (tertiary/aromatic N) is 1. The van der Waals surface area contributed by atoms with Gasteiger partial charge in [0.25, 0.3) is 0 Å². The summed E-state index contributed by atoms with van der Waals surface area (Å²) in [5.41, 5.74) is 10.6. The molecule has 286 valence electrons. The maximum atomic E-state index is 14.4. The van der Waals surface area contributed by atoms with Crippen LogP contribution in [-0.2, 0) is 41.4 Å². The number of esters is 2. The monoisotopic (exact) mass is 752 g/mol. The summed E-state index contributed by atoms with van der Waals surface area (Å²) >= 11 is 1.54. The Balaban J connectivity index is 1.09. The summed E-state index contributed by atoms with van der Waals surface area (Å²) in [6, 6.07) is 17.4. The van der Waals surface area contributed by atoms with Gasteiger partial charge in [0.2, 0.25) is 0 Å². The highest BCUT2D eigenvalue weighted by Gasteiger charge is 2.48. The molecule has 0 aliphatic carbocycles. The van der Waals surface area contributed by atoms with Gasteiger partial charge in [0.05, 0.1) is 6.61 Å².